The van der Waals surface area contributed by atoms with Crippen molar-refractivity contribution >= 4 is 28.5 Å². The van der Waals surface area contributed by atoms with Crippen molar-refractivity contribution in [1.29, 1.82) is 0 Å². The van der Waals surface area contributed by atoms with E-state index in [0.29, 0.717) is 18.1 Å². The van der Waals surface area contributed by atoms with Crippen LogP contribution in [0, 0.1) is 0 Å². The van der Waals surface area contributed by atoms with Gasteiger partial charge in [0.2, 0.25) is 5.91 Å². The second kappa shape index (κ2) is 8.95. The number of amides is 2. The average Bonchev–Trinajstić information content (AvgIpc) is 3.10. The number of benzene rings is 1. The smallest absolute Gasteiger partial charge is 0.410 e. The number of aryl methyl sites for hydroxylation is 1. The lowest BCUT2D eigenvalue weighted by molar-refractivity contribution is -0.122. The minimum absolute atomic E-state index is 0.202. The Morgan fingerprint density at radius 3 is 2.62 bits per heavy atom. The molecule has 7 heteroatoms. The number of nitrogens with zero attached hydrogens (tertiary/aromatic N) is 2. The molecule has 1 aromatic carbocycles. The summed E-state index contributed by atoms with van der Waals surface area (Å²) in [7, 11) is 0. The van der Waals surface area contributed by atoms with Crippen LogP contribution in [0.1, 0.15) is 51.8 Å². The molecule has 1 N–H and O–H groups in total. The summed E-state index contributed by atoms with van der Waals surface area (Å²) in [6.45, 7) is 8.10. The van der Waals surface area contributed by atoms with E-state index in [0.717, 1.165) is 35.4 Å². The average molecular weight is 416 g/mol. The first-order valence-electron chi connectivity index (χ1n) is 10.1. The highest BCUT2D eigenvalue weighted by molar-refractivity contribution is 7.16. The minimum atomic E-state index is -0.592. The zero-order valence-electron chi connectivity index (χ0n) is 17.5. The number of piperidine rings is 1. The van der Waals surface area contributed by atoms with E-state index >= 15 is 0 Å². The van der Waals surface area contributed by atoms with Crippen molar-refractivity contribution < 1.29 is 14.3 Å². The molecule has 0 aliphatic carbocycles. The molecule has 3 rings (SSSR count). The van der Waals surface area contributed by atoms with Gasteiger partial charge in [0, 0.05) is 17.0 Å². The number of hydrogen-bond donors (Lipinski definition) is 1. The van der Waals surface area contributed by atoms with E-state index in [-0.39, 0.29) is 5.91 Å². The fourth-order valence-electron chi connectivity index (χ4n) is 3.40. The summed E-state index contributed by atoms with van der Waals surface area (Å²) in [5, 5.41) is 3.51. The molecule has 2 amide bonds. The first-order valence-corrected chi connectivity index (χ1v) is 11.0. The van der Waals surface area contributed by atoms with Gasteiger partial charge in [-0.2, -0.15) is 0 Å². The lowest BCUT2D eigenvalue weighted by Crippen LogP contribution is -2.51. The number of nitrogens with one attached hydrogen (secondary N) is 1. The van der Waals surface area contributed by atoms with Gasteiger partial charge < -0.3 is 10.1 Å². The van der Waals surface area contributed by atoms with Gasteiger partial charge in [-0.25, -0.2) is 9.78 Å². The van der Waals surface area contributed by atoms with Crippen LogP contribution in [0.2, 0.25) is 0 Å². The van der Waals surface area contributed by atoms with E-state index in [2.05, 4.69) is 17.2 Å². The van der Waals surface area contributed by atoms with Crippen molar-refractivity contribution in [3.8, 4) is 11.3 Å². The third kappa shape index (κ3) is 5.35. The molecule has 2 aromatic rings. The van der Waals surface area contributed by atoms with Crippen LogP contribution in [0.3, 0.4) is 0 Å². The second-order valence-corrected chi connectivity index (χ2v) is 9.27. The van der Waals surface area contributed by atoms with Gasteiger partial charge in [0.05, 0.1) is 5.69 Å². The molecule has 6 nitrogen and oxygen atoms in total. The Hall–Kier alpha value is -2.41. The number of anilines is 1. The fraction of sp³-hybridized carbons (Fsp3) is 0.500. The molecule has 1 aliphatic rings. The molecule has 0 unspecified atom stereocenters. The van der Waals surface area contributed by atoms with Crippen LogP contribution in [-0.2, 0) is 16.0 Å². The molecular formula is C22H29N3O3S. The molecule has 0 spiro atoms. The van der Waals surface area contributed by atoms with Gasteiger partial charge >= 0.3 is 6.09 Å². The number of aromatic nitrogens is 1. The van der Waals surface area contributed by atoms with Crippen molar-refractivity contribution in [3.05, 3.63) is 35.2 Å². The van der Waals surface area contributed by atoms with E-state index in [1.165, 1.54) is 11.3 Å². The van der Waals surface area contributed by atoms with E-state index in [9.17, 15) is 9.59 Å². The Morgan fingerprint density at radius 2 is 1.97 bits per heavy atom. The van der Waals surface area contributed by atoms with E-state index in [4.69, 9.17) is 4.74 Å². The van der Waals surface area contributed by atoms with E-state index < -0.39 is 17.7 Å². The highest BCUT2D eigenvalue weighted by atomic mass is 32.1. The van der Waals surface area contributed by atoms with Crippen LogP contribution in [0.25, 0.3) is 11.3 Å². The number of ether oxygens (including phenoxy) is 1. The number of carbonyl (C=O) groups excluding carboxylic acids is 2. The Kier molecular flexibility index (Phi) is 6.57. The van der Waals surface area contributed by atoms with Crippen LogP contribution in [-0.4, -0.2) is 40.1 Å². The summed E-state index contributed by atoms with van der Waals surface area (Å²) in [6.07, 6.45) is 2.81. The number of likely N-dealkylation sites (tertiary alicyclic amines) is 1. The van der Waals surface area contributed by atoms with Gasteiger partial charge in [-0.1, -0.05) is 37.3 Å². The predicted octanol–water partition coefficient (Wildman–Crippen LogP) is 5.10. The monoisotopic (exact) mass is 415 g/mol. The number of rotatable bonds is 4. The summed E-state index contributed by atoms with van der Waals surface area (Å²) in [4.78, 5) is 32.9. The summed E-state index contributed by atoms with van der Waals surface area (Å²) in [5.74, 6) is -0.202. The third-order valence-corrected chi connectivity index (χ3v) is 5.84. The van der Waals surface area contributed by atoms with E-state index in [1.54, 1.807) is 4.90 Å². The number of thiazole rings is 1. The quantitative estimate of drug-likeness (QED) is 0.754. The maximum atomic E-state index is 13.0. The lowest BCUT2D eigenvalue weighted by atomic mass is 10.0. The number of hydrogen-bond acceptors (Lipinski definition) is 5. The minimum Gasteiger partial charge on any atom is -0.444 e. The molecule has 1 saturated heterocycles. The summed E-state index contributed by atoms with van der Waals surface area (Å²) >= 11 is 1.49. The van der Waals surface area contributed by atoms with Gasteiger partial charge in [-0.05, 0) is 46.5 Å². The lowest BCUT2D eigenvalue weighted by Gasteiger charge is -2.35. The Balaban J connectivity index is 1.76. The molecule has 1 atom stereocenters. The number of carbonyl (C=O) groups is 2. The van der Waals surface area contributed by atoms with Crippen LogP contribution in [0.15, 0.2) is 30.3 Å². The van der Waals surface area contributed by atoms with Crippen molar-refractivity contribution in [3.63, 3.8) is 0 Å². The van der Waals surface area contributed by atoms with Crippen LogP contribution >= 0.6 is 11.3 Å². The summed E-state index contributed by atoms with van der Waals surface area (Å²) < 4.78 is 5.50. The van der Waals surface area contributed by atoms with Gasteiger partial charge in [-0.15, -0.1) is 11.3 Å². The summed E-state index contributed by atoms with van der Waals surface area (Å²) in [5.41, 5.74) is 1.35. The maximum Gasteiger partial charge on any atom is 0.410 e. The van der Waals surface area contributed by atoms with Crippen molar-refractivity contribution in [2.75, 3.05) is 11.9 Å². The van der Waals surface area contributed by atoms with Gasteiger partial charge in [0.15, 0.2) is 5.13 Å². The fourth-order valence-corrected chi connectivity index (χ4v) is 4.32. The van der Waals surface area contributed by atoms with Crippen molar-refractivity contribution in [1.82, 2.24) is 9.88 Å². The molecule has 1 aromatic heterocycles. The summed E-state index contributed by atoms with van der Waals surface area (Å²) in [6, 6.07) is 9.43. The predicted molar refractivity (Wildman–Crippen MR) is 116 cm³/mol. The molecular weight excluding hydrogens is 386 g/mol. The zero-order chi connectivity index (χ0) is 21.0. The molecule has 1 fully saturated rings. The molecule has 156 valence electrons. The Bertz CT molecular complexity index is 858. The third-order valence-electron chi connectivity index (χ3n) is 4.73. The highest BCUT2D eigenvalue weighted by Gasteiger charge is 2.35. The molecule has 0 radical (unpaired) electrons. The van der Waals surface area contributed by atoms with Gasteiger partial charge in [-0.3, -0.25) is 9.69 Å². The van der Waals surface area contributed by atoms with Crippen molar-refractivity contribution in [2.45, 2.75) is 65.0 Å². The molecule has 29 heavy (non-hydrogen) atoms. The Morgan fingerprint density at radius 1 is 1.24 bits per heavy atom. The molecule has 0 saturated carbocycles. The van der Waals surface area contributed by atoms with E-state index in [1.807, 2.05) is 51.1 Å². The topological polar surface area (TPSA) is 71.5 Å². The molecule has 2 heterocycles. The standard InChI is InChI=1S/C22H29N3O3S/c1-5-17-18(15-11-7-6-8-12-15)23-20(29-17)24-19(26)16-13-9-10-14-25(16)21(27)28-22(2,3)4/h6-8,11-12,16H,5,9-10,13-14H2,1-4H3,(H,23,24,26)/t16-/m0/s1. The van der Waals surface area contributed by atoms with Crippen LogP contribution in [0.4, 0.5) is 9.93 Å². The van der Waals surface area contributed by atoms with Crippen LogP contribution in [0.5, 0.6) is 0 Å². The van der Waals surface area contributed by atoms with Gasteiger partial charge in [0.1, 0.15) is 11.6 Å². The first kappa shape index (κ1) is 21.3. The largest absolute Gasteiger partial charge is 0.444 e. The Labute approximate surface area is 176 Å². The normalized spacial score (nSPS) is 17.1. The maximum absolute atomic E-state index is 13.0. The van der Waals surface area contributed by atoms with Gasteiger partial charge in [0.25, 0.3) is 0 Å². The van der Waals surface area contributed by atoms with Crippen LogP contribution < -0.4 is 5.32 Å². The SMILES string of the molecule is CCc1sc(NC(=O)[C@@H]2CCCCN2C(=O)OC(C)(C)C)nc1-c1ccccc1. The first-order chi connectivity index (χ1) is 13.8. The zero-order valence-corrected chi connectivity index (χ0v) is 18.3. The molecule has 0 bridgehead atoms. The molecule has 1 aliphatic heterocycles. The van der Waals surface area contributed by atoms with Crippen molar-refractivity contribution in [2.24, 2.45) is 0 Å². The second-order valence-electron chi connectivity index (χ2n) is 8.18. The highest BCUT2D eigenvalue weighted by Crippen LogP contribution is 2.32.